The molecule has 0 N–H and O–H groups in total. The van der Waals surface area contributed by atoms with Crippen LogP contribution in [0.1, 0.15) is 43.4 Å². The highest BCUT2D eigenvalue weighted by Crippen LogP contribution is 2.33. The first kappa shape index (κ1) is 20.2. The van der Waals surface area contributed by atoms with Crippen LogP contribution in [0.25, 0.3) is 0 Å². The quantitative estimate of drug-likeness (QED) is 0.704. The molecule has 0 fully saturated rings. The predicted molar refractivity (Wildman–Crippen MR) is 93.1 cm³/mol. The van der Waals surface area contributed by atoms with E-state index in [4.69, 9.17) is 4.74 Å². The lowest BCUT2D eigenvalue weighted by Crippen LogP contribution is -2.41. The van der Waals surface area contributed by atoms with Crippen molar-refractivity contribution in [2.45, 2.75) is 52.1 Å². The highest BCUT2D eigenvalue weighted by molar-refractivity contribution is 5.68. The number of alkyl halides is 3. The molecule has 0 unspecified atom stereocenters. The summed E-state index contributed by atoms with van der Waals surface area (Å²) >= 11 is 0. The Bertz CT molecular complexity index is 884. The van der Waals surface area contributed by atoms with Crippen molar-refractivity contribution in [3.63, 3.8) is 0 Å². The maximum absolute atomic E-state index is 13.5. The molecule has 1 aromatic heterocycles. The zero-order valence-electron chi connectivity index (χ0n) is 15.8. The molecule has 1 amide bonds. The summed E-state index contributed by atoms with van der Waals surface area (Å²) in [7, 11) is 0. The third-order valence-electron chi connectivity index (χ3n) is 4.34. The molecule has 28 heavy (non-hydrogen) atoms. The van der Waals surface area contributed by atoms with Crippen LogP contribution in [0.15, 0.2) is 24.4 Å². The summed E-state index contributed by atoms with van der Waals surface area (Å²) in [6.45, 7) is 6.23. The zero-order valence-corrected chi connectivity index (χ0v) is 15.8. The van der Waals surface area contributed by atoms with Crippen molar-refractivity contribution in [3.05, 3.63) is 52.9 Å². The third kappa shape index (κ3) is 4.45. The van der Waals surface area contributed by atoms with Crippen LogP contribution in [0, 0.1) is 5.82 Å². The number of hydrogen-bond acceptors (Lipinski definition) is 3. The zero-order chi connectivity index (χ0) is 20.7. The Morgan fingerprint density at radius 2 is 1.93 bits per heavy atom. The number of benzene rings is 1. The Labute approximate surface area is 159 Å². The van der Waals surface area contributed by atoms with E-state index in [1.54, 1.807) is 25.3 Å². The predicted octanol–water partition coefficient (Wildman–Crippen LogP) is 4.38. The van der Waals surface area contributed by atoms with E-state index in [1.165, 1.54) is 11.1 Å². The Morgan fingerprint density at radius 3 is 2.57 bits per heavy atom. The molecular formula is C19H21F4N3O2. The summed E-state index contributed by atoms with van der Waals surface area (Å²) in [5, 5.41) is 0. The minimum atomic E-state index is -4.57. The van der Waals surface area contributed by atoms with Crippen molar-refractivity contribution in [2.24, 2.45) is 0 Å². The molecule has 1 aromatic carbocycles. The van der Waals surface area contributed by atoms with Crippen LogP contribution in [-0.2, 0) is 30.4 Å². The van der Waals surface area contributed by atoms with Crippen LogP contribution in [0.3, 0.4) is 0 Å². The van der Waals surface area contributed by atoms with Crippen molar-refractivity contribution < 1.29 is 27.1 Å². The number of hydrogen-bond donors (Lipinski definition) is 0. The Morgan fingerprint density at radius 1 is 1.21 bits per heavy atom. The number of carbonyl (C=O) groups excluding carboxylic acids is 1. The van der Waals surface area contributed by atoms with Gasteiger partial charge >= 0.3 is 12.3 Å². The standard InChI is InChI=1S/C19H21F4N3O2/c1-18(2,3)28-17(27)25-6-7-26-14(10-24-16(26)11-25)9-12-8-13(20)4-5-15(12)19(21,22)23/h4-5,8,10H,6-7,9,11H2,1-3H3. The fourth-order valence-electron chi connectivity index (χ4n) is 3.13. The van der Waals surface area contributed by atoms with Gasteiger partial charge in [-0.1, -0.05) is 0 Å². The summed E-state index contributed by atoms with van der Waals surface area (Å²) < 4.78 is 60.3. The molecule has 0 radical (unpaired) electrons. The smallest absolute Gasteiger partial charge is 0.416 e. The lowest BCUT2D eigenvalue weighted by molar-refractivity contribution is -0.138. The normalized spacial score (nSPS) is 14.8. The van der Waals surface area contributed by atoms with Crippen LogP contribution in [0.4, 0.5) is 22.4 Å². The van der Waals surface area contributed by atoms with Crippen LogP contribution in [0.5, 0.6) is 0 Å². The topological polar surface area (TPSA) is 47.4 Å². The molecule has 2 heterocycles. The van der Waals surface area contributed by atoms with E-state index in [-0.39, 0.29) is 18.5 Å². The number of amides is 1. The van der Waals surface area contributed by atoms with Crippen molar-refractivity contribution in [2.75, 3.05) is 6.54 Å². The minimum absolute atomic E-state index is 0.105. The molecule has 5 nitrogen and oxygen atoms in total. The van der Waals surface area contributed by atoms with Gasteiger partial charge in [0.1, 0.15) is 17.2 Å². The van der Waals surface area contributed by atoms with E-state index < -0.39 is 29.3 Å². The number of nitrogens with zero attached hydrogens (tertiary/aromatic N) is 3. The lowest BCUT2D eigenvalue weighted by atomic mass is 10.0. The maximum Gasteiger partial charge on any atom is 0.416 e. The van der Waals surface area contributed by atoms with Crippen molar-refractivity contribution in [1.29, 1.82) is 0 Å². The Hall–Kier alpha value is -2.58. The Kier molecular flexibility index (Phi) is 5.12. The number of ether oxygens (including phenoxy) is 1. The summed E-state index contributed by atoms with van der Waals surface area (Å²) in [6.07, 6.45) is -3.67. The number of fused-ring (bicyclic) bond motifs is 1. The summed E-state index contributed by atoms with van der Waals surface area (Å²) in [4.78, 5) is 17.9. The second-order valence-electron chi connectivity index (χ2n) is 7.70. The van der Waals surface area contributed by atoms with Crippen LogP contribution in [-0.4, -0.2) is 32.7 Å². The van der Waals surface area contributed by atoms with Crippen LogP contribution < -0.4 is 0 Å². The lowest BCUT2D eigenvalue weighted by Gasteiger charge is -2.31. The van der Waals surface area contributed by atoms with Gasteiger partial charge in [0.05, 0.1) is 12.1 Å². The largest absolute Gasteiger partial charge is 0.444 e. The molecule has 1 aliphatic heterocycles. The minimum Gasteiger partial charge on any atom is -0.444 e. The third-order valence-corrected chi connectivity index (χ3v) is 4.34. The van der Waals surface area contributed by atoms with E-state index >= 15 is 0 Å². The molecule has 0 bridgehead atoms. The fourth-order valence-corrected chi connectivity index (χ4v) is 3.13. The summed E-state index contributed by atoms with van der Waals surface area (Å²) in [5.74, 6) is -0.172. The van der Waals surface area contributed by atoms with Gasteiger partial charge in [0.2, 0.25) is 0 Å². The molecule has 152 valence electrons. The van der Waals surface area contributed by atoms with Gasteiger partial charge in [-0.15, -0.1) is 0 Å². The molecule has 9 heteroatoms. The molecule has 0 aliphatic carbocycles. The maximum atomic E-state index is 13.5. The average Bonchev–Trinajstić information content (AvgIpc) is 2.94. The Balaban J connectivity index is 1.81. The number of aromatic nitrogens is 2. The van der Waals surface area contributed by atoms with E-state index in [0.29, 0.717) is 24.6 Å². The summed E-state index contributed by atoms with van der Waals surface area (Å²) in [6, 6.07) is 2.46. The van der Waals surface area contributed by atoms with Gasteiger partial charge in [0.25, 0.3) is 0 Å². The SMILES string of the molecule is CC(C)(C)OC(=O)N1CCn2c(Cc3cc(F)ccc3C(F)(F)F)cnc2C1. The van der Waals surface area contributed by atoms with E-state index in [0.717, 1.165) is 18.2 Å². The molecule has 1 aliphatic rings. The molecule has 0 saturated heterocycles. The summed E-state index contributed by atoms with van der Waals surface area (Å²) in [5.41, 5.74) is -1.10. The number of imidazole rings is 1. The van der Waals surface area contributed by atoms with Gasteiger partial charge in [0.15, 0.2) is 0 Å². The van der Waals surface area contributed by atoms with Gasteiger partial charge in [0, 0.05) is 31.4 Å². The van der Waals surface area contributed by atoms with E-state index in [9.17, 15) is 22.4 Å². The number of halogens is 4. The monoisotopic (exact) mass is 399 g/mol. The van der Waals surface area contributed by atoms with Gasteiger partial charge < -0.3 is 9.30 Å². The van der Waals surface area contributed by atoms with Crippen molar-refractivity contribution in [3.8, 4) is 0 Å². The number of carbonyl (C=O) groups is 1. The molecule has 3 rings (SSSR count). The van der Waals surface area contributed by atoms with Crippen LogP contribution in [0.2, 0.25) is 0 Å². The molecular weight excluding hydrogens is 378 g/mol. The molecule has 2 aromatic rings. The second-order valence-corrected chi connectivity index (χ2v) is 7.70. The molecule has 0 saturated carbocycles. The van der Waals surface area contributed by atoms with E-state index in [1.807, 2.05) is 0 Å². The first-order valence-corrected chi connectivity index (χ1v) is 8.81. The fraction of sp³-hybridized carbons (Fsp3) is 0.474. The first-order valence-electron chi connectivity index (χ1n) is 8.81. The second kappa shape index (κ2) is 7.10. The van der Waals surface area contributed by atoms with Crippen LogP contribution >= 0.6 is 0 Å². The van der Waals surface area contributed by atoms with Crippen molar-refractivity contribution in [1.82, 2.24) is 14.5 Å². The molecule has 0 atom stereocenters. The first-order chi connectivity index (χ1) is 12.9. The average molecular weight is 399 g/mol. The van der Waals surface area contributed by atoms with Crippen molar-refractivity contribution >= 4 is 6.09 Å². The van der Waals surface area contributed by atoms with Gasteiger partial charge in [-0.2, -0.15) is 13.2 Å². The van der Waals surface area contributed by atoms with Gasteiger partial charge in [-0.05, 0) is 44.5 Å². The van der Waals surface area contributed by atoms with E-state index in [2.05, 4.69) is 4.98 Å². The number of rotatable bonds is 2. The van der Waals surface area contributed by atoms with Gasteiger partial charge in [-0.25, -0.2) is 14.2 Å². The highest BCUT2D eigenvalue weighted by atomic mass is 19.4. The van der Waals surface area contributed by atoms with Gasteiger partial charge in [-0.3, -0.25) is 4.90 Å². The highest BCUT2D eigenvalue weighted by Gasteiger charge is 2.34. The molecule has 0 spiro atoms.